The molecule has 0 unspecified atom stereocenters. The fourth-order valence-electron chi connectivity index (χ4n) is 1.87. The summed E-state index contributed by atoms with van der Waals surface area (Å²) in [5.41, 5.74) is 2.12. The minimum absolute atomic E-state index is 0.217. The van der Waals surface area contributed by atoms with Gasteiger partial charge in [-0.05, 0) is 29.3 Å². The van der Waals surface area contributed by atoms with Crippen molar-refractivity contribution >= 4 is 5.91 Å². The second-order valence-corrected chi connectivity index (χ2v) is 4.10. The fourth-order valence-corrected chi connectivity index (χ4v) is 1.87. The number of carbonyl (C=O) groups excluding carboxylic acids is 1. The van der Waals surface area contributed by atoms with E-state index in [2.05, 4.69) is 0 Å². The Morgan fingerprint density at radius 2 is 1.75 bits per heavy atom. The molecule has 0 aliphatic carbocycles. The Labute approximate surface area is 113 Å². The van der Waals surface area contributed by atoms with Crippen molar-refractivity contribution in [2.24, 2.45) is 5.84 Å². The Morgan fingerprint density at radius 1 is 1.05 bits per heavy atom. The van der Waals surface area contributed by atoms with Gasteiger partial charge in [0.05, 0.1) is 5.56 Å². The number of hydrazine groups is 1. The maximum absolute atomic E-state index is 12.7. The molecule has 0 saturated heterocycles. The molecule has 0 heterocycles. The average Bonchev–Trinajstić information content (AvgIpc) is 2.45. The Bertz CT molecular complexity index is 638. The second-order valence-electron chi connectivity index (χ2n) is 4.10. The van der Waals surface area contributed by atoms with Gasteiger partial charge in [0, 0.05) is 5.56 Å². The first kappa shape index (κ1) is 14.1. The van der Waals surface area contributed by atoms with E-state index in [1.165, 1.54) is 18.2 Å². The summed E-state index contributed by atoms with van der Waals surface area (Å²) in [6, 6.07) is 11.1. The zero-order valence-electron chi connectivity index (χ0n) is 10.2. The summed E-state index contributed by atoms with van der Waals surface area (Å²) in [7, 11) is 0. The smallest absolute Gasteiger partial charge is 0.290 e. The maximum atomic E-state index is 12.7. The van der Waals surface area contributed by atoms with Gasteiger partial charge in [0.15, 0.2) is 0 Å². The van der Waals surface area contributed by atoms with Gasteiger partial charge in [-0.25, -0.2) is 5.84 Å². The number of nitrogens with one attached hydrogen (secondary N) is 1. The van der Waals surface area contributed by atoms with E-state index in [1.54, 1.807) is 18.2 Å². The van der Waals surface area contributed by atoms with Gasteiger partial charge in [-0.1, -0.05) is 30.3 Å². The Morgan fingerprint density at radius 3 is 2.40 bits per heavy atom. The minimum Gasteiger partial charge on any atom is -0.290 e. The van der Waals surface area contributed by atoms with E-state index in [4.69, 9.17) is 5.84 Å². The quantitative estimate of drug-likeness (QED) is 0.505. The van der Waals surface area contributed by atoms with Crippen molar-refractivity contribution in [2.45, 2.75) is 6.18 Å². The lowest BCUT2D eigenvalue weighted by molar-refractivity contribution is -0.137. The molecule has 0 aliphatic heterocycles. The lowest BCUT2D eigenvalue weighted by Gasteiger charge is -2.11. The zero-order valence-corrected chi connectivity index (χ0v) is 10.2. The van der Waals surface area contributed by atoms with Crippen LogP contribution in [0.4, 0.5) is 13.2 Å². The zero-order chi connectivity index (χ0) is 14.8. The number of nitrogen functional groups attached to an aromatic ring is 1. The van der Waals surface area contributed by atoms with E-state index in [9.17, 15) is 18.0 Å². The standard InChI is InChI=1S/C14H11F3N2O/c15-14(16,17)10-5-3-4-9(8-10)11-6-1-2-7-12(11)13(20)19-18/h1-8H,18H2,(H,19,20). The predicted molar refractivity (Wildman–Crippen MR) is 68.5 cm³/mol. The number of benzene rings is 2. The van der Waals surface area contributed by atoms with E-state index < -0.39 is 17.6 Å². The molecule has 6 heteroatoms. The maximum Gasteiger partial charge on any atom is 0.416 e. The Hall–Kier alpha value is -2.34. The van der Waals surface area contributed by atoms with E-state index >= 15 is 0 Å². The van der Waals surface area contributed by atoms with E-state index in [1.807, 2.05) is 5.43 Å². The van der Waals surface area contributed by atoms with Crippen LogP contribution in [0.25, 0.3) is 11.1 Å². The highest BCUT2D eigenvalue weighted by molar-refractivity contribution is 6.00. The van der Waals surface area contributed by atoms with Gasteiger partial charge in [-0.2, -0.15) is 13.2 Å². The van der Waals surface area contributed by atoms with Crippen LogP contribution in [-0.4, -0.2) is 5.91 Å². The van der Waals surface area contributed by atoms with Crippen molar-refractivity contribution in [3.63, 3.8) is 0 Å². The lowest BCUT2D eigenvalue weighted by atomic mass is 9.97. The van der Waals surface area contributed by atoms with Crippen LogP contribution >= 0.6 is 0 Å². The van der Waals surface area contributed by atoms with Crippen LogP contribution in [0, 0.1) is 0 Å². The van der Waals surface area contributed by atoms with Crippen LogP contribution in [-0.2, 0) is 6.18 Å². The van der Waals surface area contributed by atoms with Crippen LogP contribution in [0.5, 0.6) is 0 Å². The summed E-state index contributed by atoms with van der Waals surface area (Å²) >= 11 is 0. The number of carbonyl (C=O) groups is 1. The largest absolute Gasteiger partial charge is 0.416 e. The van der Waals surface area contributed by atoms with Gasteiger partial charge in [-0.3, -0.25) is 10.2 Å². The molecule has 2 rings (SSSR count). The minimum atomic E-state index is -4.43. The van der Waals surface area contributed by atoms with Gasteiger partial charge < -0.3 is 0 Å². The number of hydrogen-bond acceptors (Lipinski definition) is 2. The molecule has 0 aliphatic rings. The molecule has 0 spiro atoms. The molecule has 2 aromatic rings. The van der Waals surface area contributed by atoms with E-state index in [0.29, 0.717) is 11.1 Å². The number of rotatable bonds is 2. The van der Waals surface area contributed by atoms with Gasteiger partial charge in [0.25, 0.3) is 5.91 Å². The number of nitrogens with two attached hydrogens (primary N) is 1. The molecule has 3 N–H and O–H groups in total. The molecule has 1 amide bonds. The number of alkyl halides is 3. The molecule has 0 aromatic heterocycles. The molecule has 0 atom stereocenters. The summed E-state index contributed by atoms with van der Waals surface area (Å²) in [5, 5.41) is 0. The molecule has 2 aromatic carbocycles. The monoisotopic (exact) mass is 280 g/mol. The fraction of sp³-hybridized carbons (Fsp3) is 0.0714. The molecule has 3 nitrogen and oxygen atoms in total. The number of amides is 1. The SMILES string of the molecule is NNC(=O)c1ccccc1-c1cccc(C(F)(F)F)c1. The molecular formula is C14H11F3N2O. The Balaban J connectivity index is 2.55. The highest BCUT2D eigenvalue weighted by atomic mass is 19.4. The van der Waals surface area contributed by atoms with Crippen molar-refractivity contribution in [3.8, 4) is 11.1 Å². The average molecular weight is 280 g/mol. The van der Waals surface area contributed by atoms with Crippen molar-refractivity contribution < 1.29 is 18.0 Å². The summed E-state index contributed by atoms with van der Waals surface area (Å²) in [4.78, 5) is 11.6. The first-order valence-electron chi connectivity index (χ1n) is 5.71. The highest BCUT2D eigenvalue weighted by Gasteiger charge is 2.30. The molecular weight excluding hydrogens is 269 g/mol. The third kappa shape index (κ3) is 2.80. The number of halogens is 3. The van der Waals surface area contributed by atoms with Crippen LogP contribution in [0.15, 0.2) is 48.5 Å². The van der Waals surface area contributed by atoms with Crippen LogP contribution in [0.1, 0.15) is 15.9 Å². The first-order valence-corrected chi connectivity index (χ1v) is 5.71. The molecule has 0 radical (unpaired) electrons. The number of hydrogen-bond donors (Lipinski definition) is 2. The van der Waals surface area contributed by atoms with Crippen molar-refractivity contribution in [3.05, 3.63) is 59.7 Å². The lowest BCUT2D eigenvalue weighted by Crippen LogP contribution is -2.30. The van der Waals surface area contributed by atoms with Crippen LogP contribution in [0.2, 0.25) is 0 Å². The normalized spacial score (nSPS) is 11.2. The van der Waals surface area contributed by atoms with E-state index in [0.717, 1.165) is 12.1 Å². The summed E-state index contributed by atoms with van der Waals surface area (Å²) in [6.45, 7) is 0. The second kappa shape index (κ2) is 5.34. The molecule has 0 bridgehead atoms. The van der Waals surface area contributed by atoms with Crippen LogP contribution in [0.3, 0.4) is 0 Å². The molecule has 0 fully saturated rings. The van der Waals surface area contributed by atoms with Gasteiger partial charge in [-0.15, -0.1) is 0 Å². The van der Waals surface area contributed by atoms with E-state index in [-0.39, 0.29) is 5.56 Å². The molecule has 20 heavy (non-hydrogen) atoms. The summed E-state index contributed by atoms with van der Waals surface area (Å²) in [6.07, 6.45) is -4.43. The van der Waals surface area contributed by atoms with Crippen LogP contribution < -0.4 is 11.3 Å². The van der Waals surface area contributed by atoms with Gasteiger partial charge >= 0.3 is 6.18 Å². The molecule has 0 saturated carbocycles. The highest BCUT2D eigenvalue weighted by Crippen LogP contribution is 2.33. The van der Waals surface area contributed by atoms with Crippen molar-refractivity contribution in [1.82, 2.24) is 5.43 Å². The first-order chi connectivity index (χ1) is 9.43. The molecule has 104 valence electrons. The Kier molecular flexibility index (Phi) is 3.76. The van der Waals surface area contributed by atoms with Crippen molar-refractivity contribution in [2.75, 3.05) is 0 Å². The third-order valence-electron chi connectivity index (χ3n) is 2.80. The topological polar surface area (TPSA) is 55.1 Å². The predicted octanol–water partition coefficient (Wildman–Crippen LogP) is 2.98. The summed E-state index contributed by atoms with van der Waals surface area (Å²) in [5.74, 6) is 4.51. The summed E-state index contributed by atoms with van der Waals surface area (Å²) < 4.78 is 38.1. The van der Waals surface area contributed by atoms with Gasteiger partial charge in [0.2, 0.25) is 0 Å². The van der Waals surface area contributed by atoms with Crippen molar-refractivity contribution in [1.29, 1.82) is 0 Å². The van der Waals surface area contributed by atoms with Gasteiger partial charge in [0.1, 0.15) is 0 Å². The third-order valence-corrected chi connectivity index (χ3v) is 2.80.